The molecule has 0 aliphatic carbocycles. The van der Waals surface area contributed by atoms with Gasteiger partial charge >= 0.3 is 5.97 Å². The summed E-state index contributed by atoms with van der Waals surface area (Å²) in [6, 6.07) is -0.108. The van der Waals surface area contributed by atoms with E-state index in [2.05, 4.69) is 16.5 Å². The number of hydrogen-bond donors (Lipinski definition) is 2. The first kappa shape index (κ1) is 12.7. The standard InChI is InChI=1S/C11H19N3O2/c1-2-5-14-8-13-7-10(14)6-9(12)3-4-11(15)16/h7-9H,2-6,12H2,1H3,(H,15,16). The molecule has 0 radical (unpaired) electrons. The highest BCUT2D eigenvalue weighted by molar-refractivity contribution is 5.66. The summed E-state index contributed by atoms with van der Waals surface area (Å²) in [4.78, 5) is 14.5. The van der Waals surface area contributed by atoms with Crippen LogP contribution in [-0.2, 0) is 17.8 Å². The molecule has 1 atom stereocenters. The Hall–Kier alpha value is -1.36. The fourth-order valence-corrected chi connectivity index (χ4v) is 1.64. The van der Waals surface area contributed by atoms with Crippen LogP contribution in [0.1, 0.15) is 31.9 Å². The van der Waals surface area contributed by atoms with Crippen molar-refractivity contribution in [1.29, 1.82) is 0 Å². The van der Waals surface area contributed by atoms with E-state index in [0.29, 0.717) is 12.8 Å². The number of imidazole rings is 1. The average molecular weight is 225 g/mol. The Labute approximate surface area is 95.3 Å². The lowest BCUT2D eigenvalue weighted by Gasteiger charge is -2.12. The van der Waals surface area contributed by atoms with E-state index in [4.69, 9.17) is 10.8 Å². The number of hydrogen-bond acceptors (Lipinski definition) is 3. The number of carboxylic acid groups (broad SMARTS) is 1. The van der Waals surface area contributed by atoms with Crippen molar-refractivity contribution in [2.75, 3.05) is 0 Å². The summed E-state index contributed by atoms with van der Waals surface area (Å²) in [6.45, 7) is 3.04. The van der Waals surface area contributed by atoms with Gasteiger partial charge < -0.3 is 15.4 Å². The molecule has 0 fully saturated rings. The van der Waals surface area contributed by atoms with Gasteiger partial charge in [0.15, 0.2) is 0 Å². The van der Waals surface area contributed by atoms with Gasteiger partial charge in [0, 0.05) is 37.3 Å². The molecule has 90 valence electrons. The molecule has 5 heteroatoms. The van der Waals surface area contributed by atoms with Crippen LogP contribution in [0.2, 0.25) is 0 Å². The number of nitrogens with two attached hydrogens (primary N) is 1. The van der Waals surface area contributed by atoms with Crippen LogP contribution in [0.5, 0.6) is 0 Å². The lowest BCUT2D eigenvalue weighted by Crippen LogP contribution is -2.25. The van der Waals surface area contributed by atoms with Crippen LogP contribution in [0.25, 0.3) is 0 Å². The summed E-state index contributed by atoms with van der Waals surface area (Å²) in [5.74, 6) is -0.794. The molecular formula is C11H19N3O2. The predicted molar refractivity (Wildman–Crippen MR) is 61.1 cm³/mol. The minimum atomic E-state index is -0.794. The van der Waals surface area contributed by atoms with Gasteiger partial charge in [0.1, 0.15) is 0 Å². The van der Waals surface area contributed by atoms with E-state index in [1.165, 1.54) is 0 Å². The molecule has 1 rings (SSSR count). The third kappa shape index (κ3) is 4.02. The van der Waals surface area contributed by atoms with Crippen LogP contribution >= 0.6 is 0 Å². The molecule has 0 saturated heterocycles. The Morgan fingerprint density at radius 3 is 3.06 bits per heavy atom. The largest absolute Gasteiger partial charge is 0.481 e. The van der Waals surface area contributed by atoms with Crippen LogP contribution in [-0.4, -0.2) is 26.7 Å². The molecule has 1 heterocycles. The smallest absolute Gasteiger partial charge is 0.303 e. The summed E-state index contributed by atoms with van der Waals surface area (Å²) in [5, 5.41) is 8.55. The normalized spacial score (nSPS) is 12.6. The number of aryl methyl sites for hydroxylation is 1. The van der Waals surface area contributed by atoms with Crippen LogP contribution in [0, 0.1) is 0 Å². The zero-order valence-corrected chi connectivity index (χ0v) is 9.59. The van der Waals surface area contributed by atoms with E-state index in [0.717, 1.165) is 18.7 Å². The summed E-state index contributed by atoms with van der Waals surface area (Å²) < 4.78 is 2.07. The van der Waals surface area contributed by atoms with Gasteiger partial charge in [-0.05, 0) is 12.8 Å². The van der Waals surface area contributed by atoms with Crippen LogP contribution < -0.4 is 5.73 Å². The van der Waals surface area contributed by atoms with E-state index < -0.39 is 5.97 Å². The number of carboxylic acids is 1. The molecule has 3 N–H and O–H groups in total. The second-order valence-corrected chi connectivity index (χ2v) is 3.97. The Morgan fingerprint density at radius 2 is 2.44 bits per heavy atom. The monoisotopic (exact) mass is 225 g/mol. The van der Waals surface area contributed by atoms with Crippen molar-refractivity contribution in [3.63, 3.8) is 0 Å². The minimum Gasteiger partial charge on any atom is -0.481 e. The Morgan fingerprint density at radius 1 is 1.69 bits per heavy atom. The molecule has 0 spiro atoms. The molecule has 0 bridgehead atoms. The maximum Gasteiger partial charge on any atom is 0.303 e. The van der Waals surface area contributed by atoms with E-state index in [1.807, 2.05) is 0 Å². The van der Waals surface area contributed by atoms with Crippen LogP contribution in [0.4, 0.5) is 0 Å². The second-order valence-electron chi connectivity index (χ2n) is 3.97. The van der Waals surface area contributed by atoms with Gasteiger partial charge in [-0.3, -0.25) is 4.79 Å². The number of aromatic nitrogens is 2. The zero-order valence-electron chi connectivity index (χ0n) is 9.59. The van der Waals surface area contributed by atoms with E-state index >= 15 is 0 Å². The van der Waals surface area contributed by atoms with E-state index in [-0.39, 0.29) is 12.5 Å². The third-order valence-corrected chi connectivity index (χ3v) is 2.46. The average Bonchev–Trinajstić information content (AvgIpc) is 2.63. The summed E-state index contributed by atoms with van der Waals surface area (Å²) >= 11 is 0. The third-order valence-electron chi connectivity index (χ3n) is 2.46. The maximum absolute atomic E-state index is 10.4. The Balaban J connectivity index is 2.45. The Bertz CT molecular complexity index is 336. The highest BCUT2D eigenvalue weighted by Crippen LogP contribution is 2.07. The van der Waals surface area contributed by atoms with Gasteiger partial charge in [-0.1, -0.05) is 6.92 Å². The minimum absolute atomic E-state index is 0.108. The number of aliphatic carboxylic acids is 1. The quantitative estimate of drug-likeness (QED) is 0.726. The number of nitrogens with zero attached hydrogens (tertiary/aromatic N) is 2. The molecule has 0 aromatic carbocycles. The first-order chi connectivity index (χ1) is 7.63. The number of carbonyl (C=O) groups is 1. The van der Waals surface area contributed by atoms with Gasteiger partial charge in [-0.2, -0.15) is 0 Å². The molecule has 5 nitrogen and oxygen atoms in total. The van der Waals surface area contributed by atoms with E-state index in [1.54, 1.807) is 12.5 Å². The van der Waals surface area contributed by atoms with Gasteiger partial charge in [-0.15, -0.1) is 0 Å². The molecule has 0 amide bonds. The molecule has 1 unspecified atom stereocenters. The molecule has 0 saturated carbocycles. The molecule has 1 aromatic rings. The second kappa shape index (κ2) is 6.27. The van der Waals surface area contributed by atoms with Crippen molar-refractivity contribution in [3.05, 3.63) is 18.2 Å². The topological polar surface area (TPSA) is 81.1 Å². The summed E-state index contributed by atoms with van der Waals surface area (Å²) in [7, 11) is 0. The molecular weight excluding hydrogens is 206 g/mol. The predicted octanol–water partition coefficient (Wildman–Crippen LogP) is 1.03. The highest BCUT2D eigenvalue weighted by Gasteiger charge is 2.09. The lowest BCUT2D eigenvalue weighted by molar-refractivity contribution is -0.137. The first-order valence-corrected chi connectivity index (χ1v) is 5.59. The maximum atomic E-state index is 10.4. The van der Waals surface area contributed by atoms with Crippen molar-refractivity contribution in [2.24, 2.45) is 5.73 Å². The molecule has 16 heavy (non-hydrogen) atoms. The van der Waals surface area contributed by atoms with Crippen molar-refractivity contribution in [2.45, 2.75) is 45.2 Å². The number of rotatable bonds is 7. The molecule has 0 aliphatic heterocycles. The fourth-order valence-electron chi connectivity index (χ4n) is 1.64. The van der Waals surface area contributed by atoms with Crippen LogP contribution in [0.3, 0.4) is 0 Å². The van der Waals surface area contributed by atoms with Gasteiger partial charge in [0.2, 0.25) is 0 Å². The van der Waals surface area contributed by atoms with Crippen molar-refractivity contribution in [1.82, 2.24) is 9.55 Å². The fraction of sp³-hybridized carbons (Fsp3) is 0.636. The zero-order chi connectivity index (χ0) is 12.0. The van der Waals surface area contributed by atoms with E-state index in [9.17, 15) is 4.79 Å². The van der Waals surface area contributed by atoms with Crippen molar-refractivity contribution >= 4 is 5.97 Å². The molecule has 1 aromatic heterocycles. The molecule has 0 aliphatic rings. The highest BCUT2D eigenvalue weighted by atomic mass is 16.4. The van der Waals surface area contributed by atoms with Crippen molar-refractivity contribution < 1.29 is 9.90 Å². The first-order valence-electron chi connectivity index (χ1n) is 5.59. The van der Waals surface area contributed by atoms with Crippen LogP contribution in [0.15, 0.2) is 12.5 Å². The summed E-state index contributed by atoms with van der Waals surface area (Å²) in [5.41, 5.74) is 6.96. The van der Waals surface area contributed by atoms with Crippen molar-refractivity contribution in [3.8, 4) is 0 Å². The van der Waals surface area contributed by atoms with Gasteiger partial charge in [0.05, 0.1) is 6.33 Å². The lowest BCUT2D eigenvalue weighted by atomic mass is 10.1. The Kier molecular flexibility index (Phi) is 4.98. The van der Waals surface area contributed by atoms with Gasteiger partial charge in [0.25, 0.3) is 0 Å². The summed E-state index contributed by atoms with van der Waals surface area (Å²) in [6.07, 6.45) is 5.97. The SMILES string of the molecule is CCCn1cncc1CC(N)CCC(=O)O. The van der Waals surface area contributed by atoms with Gasteiger partial charge in [-0.25, -0.2) is 4.98 Å².